The minimum atomic E-state index is -0.0180. The summed E-state index contributed by atoms with van der Waals surface area (Å²) in [6.07, 6.45) is 2.84. The number of aryl methyl sites for hydroxylation is 2. The smallest absolute Gasteiger partial charge is 0.317 e. The third kappa shape index (κ3) is 4.01. The molecule has 2 aliphatic rings. The van der Waals surface area contributed by atoms with Gasteiger partial charge >= 0.3 is 6.03 Å². The number of anilines is 1. The van der Waals surface area contributed by atoms with Crippen LogP contribution in [0.1, 0.15) is 42.6 Å². The van der Waals surface area contributed by atoms with Crippen LogP contribution in [-0.4, -0.2) is 63.5 Å². The lowest BCUT2D eigenvalue weighted by atomic mass is 10.1. The minimum absolute atomic E-state index is 0.0180. The highest BCUT2D eigenvalue weighted by molar-refractivity contribution is 5.75. The van der Waals surface area contributed by atoms with Gasteiger partial charge in [0.05, 0.1) is 11.6 Å². The van der Waals surface area contributed by atoms with Crippen LogP contribution in [0.4, 0.5) is 10.6 Å². The number of likely N-dealkylation sites (tertiary alicyclic amines) is 1. The van der Waals surface area contributed by atoms with E-state index in [0.29, 0.717) is 24.8 Å². The van der Waals surface area contributed by atoms with E-state index < -0.39 is 0 Å². The molecule has 9 heteroatoms. The van der Waals surface area contributed by atoms with E-state index in [1.165, 1.54) is 0 Å². The second kappa shape index (κ2) is 7.50. The normalized spacial score (nSPS) is 22.9. The highest BCUT2D eigenvalue weighted by Crippen LogP contribution is 2.26. The van der Waals surface area contributed by atoms with Crippen molar-refractivity contribution < 1.29 is 9.32 Å². The number of carbonyl (C=O) groups excluding carboxylic acids is 1. The number of carbonyl (C=O) groups is 1. The molecule has 0 aliphatic carbocycles. The molecule has 2 aromatic heterocycles. The van der Waals surface area contributed by atoms with Crippen LogP contribution in [0.3, 0.4) is 0 Å². The van der Waals surface area contributed by atoms with Gasteiger partial charge in [0.1, 0.15) is 0 Å². The third-order valence-corrected chi connectivity index (χ3v) is 5.22. The van der Waals surface area contributed by atoms with Crippen LogP contribution >= 0.6 is 0 Å². The number of amides is 2. The maximum atomic E-state index is 12.7. The standard InChI is InChI=1S/C18H25N7O2/c1-12-5-6-16(22-21-12)24-8-3-4-15(11-24)20-18(26)25-9-7-14(10-25)17-19-13(2)23-27-17/h5-6,14-15H,3-4,7-11H2,1-2H3,(H,20,26). The lowest BCUT2D eigenvalue weighted by Gasteiger charge is -2.34. The van der Waals surface area contributed by atoms with Gasteiger partial charge in [0.2, 0.25) is 5.89 Å². The first-order valence-corrected chi connectivity index (χ1v) is 9.49. The Morgan fingerprint density at radius 1 is 1.19 bits per heavy atom. The van der Waals surface area contributed by atoms with Gasteiger partial charge in [0.25, 0.3) is 0 Å². The number of hydrogen-bond donors (Lipinski definition) is 1. The zero-order valence-electron chi connectivity index (χ0n) is 15.8. The maximum absolute atomic E-state index is 12.7. The van der Waals surface area contributed by atoms with Gasteiger partial charge in [-0.3, -0.25) is 0 Å². The predicted octanol–water partition coefficient (Wildman–Crippen LogP) is 1.64. The Kier molecular flexibility index (Phi) is 4.91. The first kappa shape index (κ1) is 17.7. The van der Waals surface area contributed by atoms with Crippen molar-refractivity contribution in [3.8, 4) is 0 Å². The van der Waals surface area contributed by atoms with Crippen molar-refractivity contribution >= 4 is 11.8 Å². The number of piperidine rings is 1. The van der Waals surface area contributed by atoms with Crippen LogP contribution in [0.2, 0.25) is 0 Å². The van der Waals surface area contributed by atoms with Crippen LogP contribution in [0.25, 0.3) is 0 Å². The van der Waals surface area contributed by atoms with E-state index in [1.54, 1.807) is 6.92 Å². The fourth-order valence-corrected chi connectivity index (χ4v) is 3.75. The average molecular weight is 371 g/mol. The van der Waals surface area contributed by atoms with Crippen LogP contribution in [0.15, 0.2) is 16.7 Å². The molecule has 4 rings (SSSR count). The number of urea groups is 1. The summed E-state index contributed by atoms with van der Waals surface area (Å²) in [5.41, 5.74) is 0.903. The van der Waals surface area contributed by atoms with Crippen molar-refractivity contribution in [2.24, 2.45) is 0 Å². The van der Waals surface area contributed by atoms with Gasteiger partial charge in [-0.2, -0.15) is 10.1 Å². The van der Waals surface area contributed by atoms with Gasteiger partial charge in [-0.1, -0.05) is 5.16 Å². The Balaban J connectivity index is 1.32. The molecule has 2 aromatic rings. The molecule has 9 nitrogen and oxygen atoms in total. The summed E-state index contributed by atoms with van der Waals surface area (Å²) in [6.45, 7) is 6.75. The van der Waals surface area contributed by atoms with Crippen LogP contribution in [0, 0.1) is 13.8 Å². The quantitative estimate of drug-likeness (QED) is 0.875. The summed E-state index contributed by atoms with van der Waals surface area (Å²) in [7, 11) is 0. The molecule has 144 valence electrons. The summed E-state index contributed by atoms with van der Waals surface area (Å²) in [4.78, 5) is 21.0. The Morgan fingerprint density at radius 3 is 2.81 bits per heavy atom. The number of rotatable bonds is 3. The van der Waals surface area contributed by atoms with Crippen molar-refractivity contribution in [1.29, 1.82) is 0 Å². The van der Waals surface area contributed by atoms with E-state index in [1.807, 2.05) is 24.0 Å². The number of hydrogen-bond acceptors (Lipinski definition) is 7. The molecule has 2 atom stereocenters. The molecule has 2 saturated heterocycles. The molecule has 2 amide bonds. The monoisotopic (exact) mass is 371 g/mol. The Hall–Kier alpha value is -2.71. The fraction of sp³-hybridized carbons (Fsp3) is 0.611. The number of aromatic nitrogens is 4. The van der Waals surface area contributed by atoms with Crippen molar-refractivity contribution in [3.05, 3.63) is 29.5 Å². The highest BCUT2D eigenvalue weighted by atomic mass is 16.5. The zero-order valence-corrected chi connectivity index (χ0v) is 15.8. The maximum Gasteiger partial charge on any atom is 0.317 e. The minimum Gasteiger partial charge on any atom is -0.353 e. The van der Waals surface area contributed by atoms with Crippen molar-refractivity contribution in [2.45, 2.75) is 45.1 Å². The average Bonchev–Trinajstić information content (AvgIpc) is 3.31. The van der Waals surface area contributed by atoms with E-state index in [0.717, 1.165) is 43.9 Å². The van der Waals surface area contributed by atoms with Gasteiger partial charge in [-0.15, -0.1) is 5.10 Å². The molecule has 0 radical (unpaired) electrons. The molecule has 0 spiro atoms. The highest BCUT2D eigenvalue weighted by Gasteiger charge is 2.32. The van der Waals surface area contributed by atoms with Crippen molar-refractivity contribution in [1.82, 2.24) is 30.6 Å². The van der Waals surface area contributed by atoms with Gasteiger partial charge in [-0.05, 0) is 45.2 Å². The lowest BCUT2D eigenvalue weighted by Crippen LogP contribution is -2.51. The summed E-state index contributed by atoms with van der Waals surface area (Å²) < 4.78 is 5.26. The second-order valence-electron chi connectivity index (χ2n) is 7.38. The fourth-order valence-electron chi connectivity index (χ4n) is 3.75. The van der Waals surface area contributed by atoms with E-state index in [-0.39, 0.29) is 18.0 Å². The van der Waals surface area contributed by atoms with Crippen molar-refractivity contribution in [2.75, 3.05) is 31.1 Å². The molecule has 0 saturated carbocycles. The van der Waals surface area contributed by atoms with Gasteiger partial charge in [0, 0.05) is 32.2 Å². The first-order valence-electron chi connectivity index (χ1n) is 9.49. The molecule has 1 N–H and O–H groups in total. The van der Waals surface area contributed by atoms with Crippen LogP contribution in [0.5, 0.6) is 0 Å². The predicted molar refractivity (Wildman–Crippen MR) is 98.5 cm³/mol. The topological polar surface area (TPSA) is 100 Å². The zero-order chi connectivity index (χ0) is 18.8. The molecule has 4 heterocycles. The third-order valence-electron chi connectivity index (χ3n) is 5.22. The molecule has 0 aromatic carbocycles. The van der Waals surface area contributed by atoms with Gasteiger partial charge < -0.3 is 19.6 Å². The molecular formula is C18H25N7O2. The molecule has 27 heavy (non-hydrogen) atoms. The van der Waals surface area contributed by atoms with Gasteiger partial charge in [0.15, 0.2) is 11.6 Å². The van der Waals surface area contributed by atoms with Crippen LogP contribution < -0.4 is 10.2 Å². The summed E-state index contributed by atoms with van der Waals surface area (Å²) >= 11 is 0. The van der Waals surface area contributed by atoms with E-state index in [4.69, 9.17) is 4.52 Å². The number of nitrogens with one attached hydrogen (secondary N) is 1. The van der Waals surface area contributed by atoms with Crippen LogP contribution in [-0.2, 0) is 0 Å². The summed E-state index contributed by atoms with van der Waals surface area (Å²) in [5.74, 6) is 2.26. The second-order valence-corrected chi connectivity index (χ2v) is 7.38. The molecular weight excluding hydrogens is 346 g/mol. The van der Waals surface area contributed by atoms with Gasteiger partial charge in [-0.25, -0.2) is 4.79 Å². The lowest BCUT2D eigenvalue weighted by molar-refractivity contribution is 0.201. The van der Waals surface area contributed by atoms with E-state index in [9.17, 15) is 4.79 Å². The Bertz CT molecular complexity index is 791. The SMILES string of the molecule is Cc1ccc(N2CCCC(NC(=O)N3CCC(c4nc(C)no4)C3)C2)nn1. The Labute approximate surface area is 158 Å². The number of nitrogens with zero attached hydrogens (tertiary/aromatic N) is 6. The Morgan fingerprint density at radius 2 is 2.07 bits per heavy atom. The molecule has 0 bridgehead atoms. The summed E-state index contributed by atoms with van der Waals surface area (Å²) in [5, 5.41) is 15.4. The van der Waals surface area contributed by atoms with Crippen molar-refractivity contribution in [3.63, 3.8) is 0 Å². The van der Waals surface area contributed by atoms with E-state index >= 15 is 0 Å². The molecule has 2 aliphatic heterocycles. The molecule has 2 fully saturated rings. The summed E-state index contributed by atoms with van der Waals surface area (Å²) in [6, 6.07) is 4.05. The largest absolute Gasteiger partial charge is 0.353 e. The van der Waals surface area contributed by atoms with E-state index in [2.05, 4.69) is 30.6 Å². The first-order chi connectivity index (χ1) is 13.1. The molecule has 2 unspecified atom stereocenters.